The van der Waals surface area contributed by atoms with Gasteiger partial charge in [-0.3, -0.25) is 0 Å². The Balaban J connectivity index is 2.83. The Bertz CT molecular complexity index is 150. The Morgan fingerprint density at radius 1 is 1.38 bits per heavy atom. The van der Waals surface area contributed by atoms with Gasteiger partial charge in [0.25, 0.3) is 0 Å². The van der Waals surface area contributed by atoms with E-state index in [1.54, 1.807) is 0 Å². The molecule has 0 saturated heterocycles. The van der Waals surface area contributed by atoms with Crippen LogP contribution in [0.25, 0.3) is 0 Å². The van der Waals surface area contributed by atoms with E-state index < -0.39 is 0 Å². The zero-order chi connectivity index (χ0) is 5.82. The predicted molar refractivity (Wildman–Crippen MR) is 33.7 cm³/mol. The summed E-state index contributed by atoms with van der Waals surface area (Å²) in [5.74, 6) is 0. The zero-order valence-corrected chi connectivity index (χ0v) is 6.96. The molecule has 1 aromatic heterocycles. The van der Waals surface area contributed by atoms with Crippen molar-refractivity contribution in [3.8, 4) is 0 Å². The summed E-state index contributed by atoms with van der Waals surface area (Å²) in [7, 11) is 0. The van der Waals surface area contributed by atoms with E-state index in [-0.39, 0.29) is 0 Å². The van der Waals surface area contributed by atoms with Gasteiger partial charge in [0, 0.05) is 0 Å². The van der Waals surface area contributed by atoms with E-state index in [2.05, 4.69) is 17.1 Å². The van der Waals surface area contributed by atoms with Crippen LogP contribution < -0.4 is 0 Å². The Morgan fingerprint density at radius 2 is 2.00 bits per heavy atom. The summed E-state index contributed by atoms with van der Waals surface area (Å²) in [4.78, 5) is 3.91. The summed E-state index contributed by atoms with van der Waals surface area (Å²) < 4.78 is 1.24. The van der Waals surface area contributed by atoms with Gasteiger partial charge in [0.05, 0.1) is 0 Å². The Kier molecular flexibility index (Phi) is 2.53. The summed E-state index contributed by atoms with van der Waals surface area (Å²) in [6.45, 7) is 0. The van der Waals surface area contributed by atoms with Gasteiger partial charge in [-0.1, -0.05) is 0 Å². The van der Waals surface area contributed by atoms with Crippen molar-refractivity contribution in [1.82, 2.24) is 4.98 Å². The maximum absolute atomic E-state index is 3.91. The summed E-state index contributed by atoms with van der Waals surface area (Å²) in [6.07, 6.45) is 3.68. The molecule has 0 aliphatic carbocycles. The normalized spacial score (nSPS) is 9.25. The van der Waals surface area contributed by atoms with Crippen LogP contribution in [0.1, 0.15) is 5.56 Å². The summed E-state index contributed by atoms with van der Waals surface area (Å²) in [5, 5.41) is 0. The van der Waals surface area contributed by atoms with Crippen LogP contribution in [0.3, 0.4) is 0 Å². The average molecular weight is 115 g/mol. The fourth-order valence-electron chi connectivity index (χ4n) is 0.618. The van der Waals surface area contributed by atoms with Gasteiger partial charge < -0.3 is 0 Å². The van der Waals surface area contributed by atoms with E-state index >= 15 is 0 Å². The van der Waals surface area contributed by atoms with Crippen LogP contribution >= 0.6 is 0 Å². The molecule has 0 unspecified atom stereocenters. The van der Waals surface area contributed by atoms with E-state index in [0.717, 1.165) is 0 Å². The van der Waals surface area contributed by atoms with Gasteiger partial charge in [0.15, 0.2) is 0 Å². The molecule has 0 aliphatic rings. The first-order valence-corrected chi connectivity index (χ1v) is 4.24. The van der Waals surface area contributed by atoms with Gasteiger partial charge in [-0.2, -0.15) is 0 Å². The van der Waals surface area contributed by atoms with Crippen LogP contribution in [0.4, 0.5) is 0 Å². The molecule has 2 heteroatoms. The monoisotopic (exact) mass is 115 g/mol. The van der Waals surface area contributed by atoms with Crippen molar-refractivity contribution >= 4 is 27.9 Å². The topological polar surface area (TPSA) is 12.9 Å². The van der Waals surface area contributed by atoms with Crippen molar-refractivity contribution in [2.75, 3.05) is 0 Å². The van der Waals surface area contributed by atoms with Crippen LogP contribution in [0.5, 0.6) is 0 Å². The first-order chi connectivity index (χ1) is 3.93. The fraction of sp³-hybridized carbons (Fsp3) is 0.167. The molecule has 0 saturated carbocycles. The van der Waals surface area contributed by atoms with Gasteiger partial charge in [-0.05, 0) is 0 Å². The second-order valence-electron chi connectivity index (χ2n) is 1.71. The molecule has 0 fully saturated rings. The van der Waals surface area contributed by atoms with Crippen molar-refractivity contribution in [1.29, 1.82) is 0 Å². The number of rotatable bonds is 1. The van der Waals surface area contributed by atoms with Gasteiger partial charge in [0.1, 0.15) is 0 Å². The van der Waals surface area contributed by atoms with Crippen molar-refractivity contribution in [3.05, 3.63) is 30.1 Å². The molecule has 0 N–H and O–H groups in total. The first kappa shape index (κ1) is 6.27. The molecule has 1 heterocycles. The molecule has 0 spiro atoms. The first-order valence-electron chi connectivity index (χ1n) is 2.82. The van der Waals surface area contributed by atoms with Gasteiger partial charge in [0.2, 0.25) is 0 Å². The van der Waals surface area contributed by atoms with Crippen LogP contribution in [-0.2, 0) is 3.67 Å². The molecule has 36 valence electrons. The van der Waals surface area contributed by atoms with E-state index in [1.165, 1.54) is 37.2 Å². The molecule has 0 aromatic carbocycles. The molecule has 0 radical (unpaired) electrons. The molecule has 1 nitrogen and oxygen atoms in total. The molecule has 0 bridgehead atoms. The molecular formula is C6H6NNa. The minimum absolute atomic E-state index is 1.24. The number of pyridine rings is 1. The SMILES string of the molecule is [Na][CH2]c1ccncc1. The third-order valence-electron chi connectivity index (χ3n) is 1.16. The third kappa shape index (κ3) is 1.58. The molecule has 0 amide bonds. The second-order valence-corrected chi connectivity index (χ2v) is 2.42. The summed E-state index contributed by atoms with van der Waals surface area (Å²) in [5.41, 5.74) is 1.41. The van der Waals surface area contributed by atoms with E-state index in [1.807, 2.05) is 12.4 Å². The van der Waals surface area contributed by atoms with E-state index in [0.29, 0.717) is 0 Å². The van der Waals surface area contributed by atoms with Crippen molar-refractivity contribution in [2.45, 2.75) is 3.67 Å². The number of nitrogens with zero attached hydrogens (tertiary/aromatic N) is 1. The van der Waals surface area contributed by atoms with Gasteiger partial charge in [-0.15, -0.1) is 0 Å². The summed E-state index contributed by atoms with van der Waals surface area (Å²) in [6, 6.07) is 4.12. The number of aromatic nitrogens is 1. The van der Waals surface area contributed by atoms with Crippen molar-refractivity contribution in [3.63, 3.8) is 0 Å². The minimum atomic E-state index is 1.24. The van der Waals surface area contributed by atoms with Gasteiger partial charge in [-0.25, -0.2) is 0 Å². The molecule has 0 aliphatic heterocycles. The van der Waals surface area contributed by atoms with E-state index in [9.17, 15) is 0 Å². The maximum atomic E-state index is 3.91. The zero-order valence-electron chi connectivity index (χ0n) is 4.96. The number of hydrogen-bond donors (Lipinski definition) is 0. The molecule has 1 rings (SSSR count). The number of hydrogen-bond acceptors (Lipinski definition) is 1. The molecular weight excluding hydrogens is 109 g/mol. The van der Waals surface area contributed by atoms with Crippen molar-refractivity contribution < 1.29 is 0 Å². The standard InChI is InChI=1S/C6H6N.Na/c1-6-2-4-7-5-3-6;/h2-5H,1H2;. The van der Waals surface area contributed by atoms with Crippen LogP contribution in [0.2, 0.25) is 0 Å². The molecule has 1 aromatic rings. The third-order valence-corrected chi connectivity index (χ3v) is 1.97. The van der Waals surface area contributed by atoms with Crippen LogP contribution in [0.15, 0.2) is 24.5 Å². The second kappa shape index (κ2) is 3.23. The Labute approximate surface area is 66.5 Å². The molecule has 8 heavy (non-hydrogen) atoms. The van der Waals surface area contributed by atoms with E-state index in [4.69, 9.17) is 0 Å². The average Bonchev–Trinajstić information content (AvgIpc) is 1.90. The van der Waals surface area contributed by atoms with Crippen molar-refractivity contribution in [2.24, 2.45) is 0 Å². The fourth-order valence-corrected chi connectivity index (χ4v) is 1.09. The summed E-state index contributed by atoms with van der Waals surface area (Å²) >= 11 is 1.25. The Morgan fingerprint density at radius 3 is 2.38 bits per heavy atom. The predicted octanol–water partition coefficient (Wildman–Crippen LogP) is 0.750. The van der Waals surface area contributed by atoms with Gasteiger partial charge >= 0.3 is 66.7 Å². The molecule has 0 atom stereocenters. The van der Waals surface area contributed by atoms with Crippen LogP contribution in [0, 0.1) is 0 Å². The Hall–Kier alpha value is 0.150. The quantitative estimate of drug-likeness (QED) is 0.492. The van der Waals surface area contributed by atoms with Crippen LogP contribution in [-0.4, -0.2) is 32.9 Å².